The van der Waals surface area contributed by atoms with E-state index < -0.39 is 17.8 Å². The molecule has 1 fully saturated rings. The van der Waals surface area contributed by atoms with Gasteiger partial charge in [-0.1, -0.05) is 6.07 Å². The fourth-order valence-corrected chi connectivity index (χ4v) is 2.28. The van der Waals surface area contributed by atoms with E-state index in [1.807, 2.05) is 0 Å². The van der Waals surface area contributed by atoms with E-state index in [2.05, 4.69) is 15.5 Å². The lowest BCUT2D eigenvalue weighted by atomic mass is 10.2. The van der Waals surface area contributed by atoms with Crippen LogP contribution in [0.5, 0.6) is 0 Å². The molecule has 2 rings (SSSR count). The molecule has 2 N–H and O–H groups in total. The Morgan fingerprint density at radius 3 is 2.70 bits per heavy atom. The van der Waals surface area contributed by atoms with Crippen molar-refractivity contribution in [3.05, 3.63) is 29.8 Å². The molecule has 0 atom stereocenters. The number of halogens is 3. The van der Waals surface area contributed by atoms with Crippen molar-refractivity contribution in [2.75, 3.05) is 44.7 Å². The van der Waals surface area contributed by atoms with Crippen molar-refractivity contribution < 1.29 is 22.7 Å². The molecule has 128 valence electrons. The van der Waals surface area contributed by atoms with Gasteiger partial charge in [0, 0.05) is 25.3 Å². The number of morpholine rings is 1. The van der Waals surface area contributed by atoms with Crippen LogP contribution in [0, 0.1) is 0 Å². The number of carbonyl (C=O) groups is 1. The van der Waals surface area contributed by atoms with Crippen molar-refractivity contribution in [3.63, 3.8) is 0 Å². The number of nitrogens with one attached hydrogen (secondary N) is 2. The van der Waals surface area contributed by atoms with E-state index in [0.29, 0.717) is 6.54 Å². The Morgan fingerprint density at radius 2 is 2.00 bits per heavy atom. The monoisotopic (exact) mass is 331 g/mol. The largest absolute Gasteiger partial charge is 0.416 e. The molecule has 2 amide bonds. The highest BCUT2D eigenvalue weighted by Crippen LogP contribution is 2.30. The SMILES string of the molecule is O=C(NCCCN1CCOCC1)Nc1cccc(C(F)(F)F)c1. The summed E-state index contributed by atoms with van der Waals surface area (Å²) in [6.45, 7) is 4.54. The summed E-state index contributed by atoms with van der Waals surface area (Å²) >= 11 is 0. The second kappa shape index (κ2) is 8.16. The molecule has 1 saturated heterocycles. The summed E-state index contributed by atoms with van der Waals surface area (Å²) in [6, 6.07) is 4.05. The number of benzene rings is 1. The number of carbonyl (C=O) groups excluding carboxylic acids is 1. The smallest absolute Gasteiger partial charge is 0.379 e. The van der Waals surface area contributed by atoms with Crippen LogP contribution in [0.2, 0.25) is 0 Å². The zero-order valence-corrected chi connectivity index (χ0v) is 12.7. The van der Waals surface area contributed by atoms with Gasteiger partial charge < -0.3 is 15.4 Å². The maximum Gasteiger partial charge on any atom is 0.416 e. The van der Waals surface area contributed by atoms with E-state index in [1.54, 1.807) is 0 Å². The molecule has 1 aromatic rings. The van der Waals surface area contributed by atoms with Crippen molar-refractivity contribution in [1.29, 1.82) is 0 Å². The minimum Gasteiger partial charge on any atom is -0.379 e. The molecule has 0 bridgehead atoms. The molecule has 0 saturated carbocycles. The first kappa shape index (κ1) is 17.6. The fourth-order valence-electron chi connectivity index (χ4n) is 2.28. The molecule has 1 aromatic carbocycles. The zero-order valence-electron chi connectivity index (χ0n) is 12.7. The summed E-state index contributed by atoms with van der Waals surface area (Å²) in [7, 11) is 0. The van der Waals surface area contributed by atoms with E-state index in [4.69, 9.17) is 4.74 Å². The number of hydrogen-bond donors (Lipinski definition) is 2. The number of nitrogens with zero attached hydrogens (tertiary/aromatic N) is 1. The quantitative estimate of drug-likeness (QED) is 0.816. The number of rotatable bonds is 5. The van der Waals surface area contributed by atoms with Gasteiger partial charge in [0.15, 0.2) is 0 Å². The predicted octanol–water partition coefficient (Wildman–Crippen LogP) is 2.55. The van der Waals surface area contributed by atoms with Crippen molar-refractivity contribution >= 4 is 11.7 Å². The maximum atomic E-state index is 12.6. The highest BCUT2D eigenvalue weighted by atomic mass is 19.4. The van der Waals surface area contributed by atoms with Crippen molar-refractivity contribution in [1.82, 2.24) is 10.2 Å². The van der Waals surface area contributed by atoms with Crippen LogP contribution in [0.15, 0.2) is 24.3 Å². The van der Waals surface area contributed by atoms with Crippen LogP contribution in [0.4, 0.5) is 23.7 Å². The number of urea groups is 1. The van der Waals surface area contributed by atoms with Gasteiger partial charge in [0.2, 0.25) is 0 Å². The van der Waals surface area contributed by atoms with Crippen LogP contribution in [0.3, 0.4) is 0 Å². The lowest BCUT2D eigenvalue weighted by molar-refractivity contribution is -0.137. The second-order valence-electron chi connectivity index (χ2n) is 5.27. The molecule has 0 spiro atoms. The topological polar surface area (TPSA) is 53.6 Å². The number of amides is 2. The van der Waals surface area contributed by atoms with E-state index in [0.717, 1.165) is 51.4 Å². The molecule has 1 aliphatic rings. The van der Waals surface area contributed by atoms with Gasteiger partial charge in [0.1, 0.15) is 0 Å². The molecule has 0 unspecified atom stereocenters. The van der Waals surface area contributed by atoms with Crippen LogP contribution < -0.4 is 10.6 Å². The highest BCUT2D eigenvalue weighted by Gasteiger charge is 2.30. The molecule has 0 aromatic heterocycles. The first-order valence-corrected chi connectivity index (χ1v) is 7.47. The Hall–Kier alpha value is -1.80. The third-order valence-electron chi connectivity index (χ3n) is 3.49. The van der Waals surface area contributed by atoms with Gasteiger partial charge in [0.25, 0.3) is 0 Å². The molecule has 0 radical (unpaired) electrons. The van der Waals surface area contributed by atoms with Gasteiger partial charge in [-0.15, -0.1) is 0 Å². The van der Waals surface area contributed by atoms with Crippen LogP contribution in [-0.2, 0) is 10.9 Å². The average molecular weight is 331 g/mol. The minimum absolute atomic E-state index is 0.116. The third-order valence-corrected chi connectivity index (χ3v) is 3.49. The predicted molar refractivity (Wildman–Crippen MR) is 80.3 cm³/mol. The normalized spacial score (nSPS) is 16.1. The Balaban J connectivity index is 1.70. The Labute approximate surface area is 132 Å². The second-order valence-corrected chi connectivity index (χ2v) is 5.27. The van der Waals surface area contributed by atoms with E-state index in [9.17, 15) is 18.0 Å². The Kier molecular flexibility index (Phi) is 6.23. The van der Waals surface area contributed by atoms with E-state index in [1.165, 1.54) is 12.1 Å². The Morgan fingerprint density at radius 1 is 1.26 bits per heavy atom. The first-order chi connectivity index (χ1) is 10.9. The molecule has 23 heavy (non-hydrogen) atoms. The van der Waals surface area contributed by atoms with Crippen molar-refractivity contribution in [2.45, 2.75) is 12.6 Å². The number of alkyl halides is 3. The summed E-state index contributed by atoms with van der Waals surface area (Å²) in [5.41, 5.74) is -0.673. The summed E-state index contributed by atoms with van der Waals surface area (Å²) in [6.07, 6.45) is -3.65. The summed E-state index contributed by atoms with van der Waals surface area (Å²) in [5.74, 6) is 0. The Bertz CT molecular complexity index is 517. The van der Waals surface area contributed by atoms with Crippen LogP contribution >= 0.6 is 0 Å². The fraction of sp³-hybridized carbons (Fsp3) is 0.533. The number of hydrogen-bond acceptors (Lipinski definition) is 3. The first-order valence-electron chi connectivity index (χ1n) is 7.47. The zero-order chi connectivity index (χ0) is 16.7. The van der Waals surface area contributed by atoms with Crippen LogP contribution in [0.25, 0.3) is 0 Å². The minimum atomic E-state index is -4.42. The van der Waals surface area contributed by atoms with E-state index in [-0.39, 0.29) is 5.69 Å². The third kappa shape index (κ3) is 6.07. The van der Waals surface area contributed by atoms with Gasteiger partial charge in [0.05, 0.1) is 18.8 Å². The van der Waals surface area contributed by atoms with Gasteiger partial charge in [-0.05, 0) is 31.2 Å². The van der Waals surface area contributed by atoms with E-state index >= 15 is 0 Å². The maximum absolute atomic E-state index is 12.6. The summed E-state index contributed by atoms with van der Waals surface area (Å²) < 4.78 is 43.0. The highest BCUT2D eigenvalue weighted by molar-refractivity contribution is 5.89. The lowest BCUT2D eigenvalue weighted by Crippen LogP contribution is -2.38. The molecule has 1 heterocycles. The standard InChI is InChI=1S/C15H20F3N3O2/c16-15(17,18)12-3-1-4-13(11-12)20-14(22)19-5-2-6-21-7-9-23-10-8-21/h1,3-4,11H,2,5-10H2,(H2,19,20,22). The summed E-state index contributed by atoms with van der Waals surface area (Å²) in [4.78, 5) is 13.9. The van der Waals surface area contributed by atoms with Gasteiger partial charge >= 0.3 is 12.2 Å². The van der Waals surface area contributed by atoms with Crippen LogP contribution in [0.1, 0.15) is 12.0 Å². The van der Waals surface area contributed by atoms with Gasteiger partial charge in [-0.25, -0.2) is 4.79 Å². The molecular formula is C15H20F3N3O2. The number of anilines is 1. The number of ether oxygens (including phenoxy) is 1. The molecular weight excluding hydrogens is 311 g/mol. The van der Waals surface area contributed by atoms with Crippen molar-refractivity contribution in [2.24, 2.45) is 0 Å². The lowest BCUT2D eigenvalue weighted by Gasteiger charge is -2.26. The average Bonchev–Trinajstić information content (AvgIpc) is 2.52. The van der Waals surface area contributed by atoms with Gasteiger partial charge in [-0.3, -0.25) is 4.90 Å². The molecule has 8 heteroatoms. The van der Waals surface area contributed by atoms with Crippen LogP contribution in [-0.4, -0.2) is 50.3 Å². The molecule has 0 aliphatic carbocycles. The molecule has 1 aliphatic heterocycles. The summed E-state index contributed by atoms with van der Waals surface area (Å²) in [5, 5.41) is 5.05. The van der Waals surface area contributed by atoms with Gasteiger partial charge in [-0.2, -0.15) is 13.2 Å². The molecule has 5 nitrogen and oxygen atoms in total. The van der Waals surface area contributed by atoms with Crippen molar-refractivity contribution in [3.8, 4) is 0 Å².